The molecule has 1 aromatic carbocycles. The van der Waals surface area contributed by atoms with E-state index in [2.05, 4.69) is 5.16 Å². The topological polar surface area (TPSA) is 66.6 Å². The van der Waals surface area contributed by atoms with Gasteiger partial charge in [0.15, 0.2) is 0 Å². The zero-order valence-electron chi connectivity index (χ0n) is 11.5. The monoisotopic (exact) mass is 328 g/mol. The number of hydrogen-bond acceptors (Lipinski definition) is 4. The van der Waals surface area contributed by atoms with Gasteiger partial charge >= 0.3 is 5.97 Å². The van der Waals surface area contributed by atoms with E-state index in [4.69, 9.17) is 27.7 Å². The highest BCUT2D eigenvalue weighted by Crippen LogP contribution is 2.33. The third-order valence-electron chi connectivity index (χ3n) is 3.04. The summed E-state index contributed by atoms with van der Waals surface area (Å²) in [4.78, 5) is 13.2. The number of carboxylic acid groups (broad SMARTS) is 1. The minimum absolute atomic E-state index is 0.245. The van der Waals surface area contributed by atoms with Crippen LogP contribution in [0.15, 0.2) is 28.8 Å². The van der Waals surface area contributed by atoms with Gasteiger partial charge in [0.2, 0.25) is 0 Å². The van der Waals surface area contributed by atoms with Crippen molar-refractivity contribution in [2.45, 2.75) is 19.5 Å². The van der Waals surface area contributed by atoms with Crippen LogP contribution in [-0.2, 0) is 11.3 Å². The van der Waals surface area contributed by atoms with Crippen molar-refractivity contribution in [3.05, 3.63) is 51.3 Å². The van der Waals surface area contributed by atoms with E-state index >= 15 is 0 Å². The standard InChI is InChI=1S/C14H14Cl2N2O3/c1-8-6-9(17-21-8)7-18(2)13(14(19)20)10-4-3-5-11(15)12(10)16/h3-6,13H,7H2,1-2H3,(H,19,20). The third kappa shape index (κ3) is 3.56. The molecule has 0 radical (unpaired) electrons. The molecule has 21 heavy (non-hydrogen) atoms. The smallest absolute Gasteiger partial charge is 0.325 e. The van der Waals surface area contributed by atoms with Gasteiger partial charge in [-0.15, -0.1) is 0 Å². The van der Waals surface area contributed by atoms with Crippen molar-refractivity contribution in [2.24, 2.45) is 0 Å². The molecule has 2 aromatic rings. The van der Waals surface area contributed by atoms with Crippen LogP contribution in [0.5, 0.6) is 0 Å². The van der Waals surface area contributed by atoms with Gasteiger partial charge in [0, 0.05) is 18.2 Å². The number of carbonyl (C=O) groups is 1. The molecule has 0 saturated carbocycles. The molecule has 0 aliphatic carbocycles. The molecule has 0 bridgehead atoms. The van der Waals surface area contributed by atoms with Crippen molar-refractivity contribution in [3.8, 4) is 0 Å². The normalized spacial score (nSPS) is 12.6. The molecule has 1 unspecified atom stereocenters. The summed E-state index contributed by atoms with van der Waals surface area (Å²) in [5.41, 5.74) is 1.10. The molecule has 1 aromatic heterocycles. The number of aliphatic carboxylic acids is 1. The summed E-state index contributed by atoms with van der Waals surface area (Å²) in [6.45, 7) is 2.09. The Morgan fingerprint density at radius 3 is 2.76 bits per heavy atom. The van der Waals surface area contributed by atoms with Crippen molar-refractivity contribution in [2.75, 3.05) is 7.05 Å². The van der Waals surface area contributed by atoms with Gasteiger partial charge in [-0.2, -0.15) is 0 Å². The second kappa shape index (κ2) is 6.47. The molecule has 0 aliphatic heterocycles. The van der Waals surface area contributed by atoms with Gasteiger partial charge in [-0.05, 0) is 20.0 Å². The number of halogens is 2. The lowest BCUT2D eigenvalue weighted by Gasteiger charge is -2.25. The number of likely N-dealkylation sites (N-methyl/N-ethyl adjacent to an activating group) is 1. The quantitative estimate of drug-likeness (QED) is 0.909. The first kappa shape index (κ1) is 15.8. The molecule has 7 heteroatoms. The predicted molar refractivity (Wildman–Crippen MR) is 79.5 cm³/mol. The van der Waals surface area contributed by atoms with Gasteiger partial charge in [-0.1, -0.05) is 40.5 Å². The first-order chi connectivity index (χ1) is 9.90. The highest BCUT2D eigenvalue weighted by molar-refractivity contribution is 6.42. The van der Waals surface area contributed by atoms with E-state index in [0.717, 1.165) is 0 Å². The fraction of sp³-hybridized carbons (Fsp3) is 0.286. The summed E-state index contributed by atoms with van der Waals surface area (Å²) in [5.74, 6) is -0.340. The molecule has 1 heterocycles. The summed E-state index contributed by atoms with van der Waals surface area (Å²) in [7, 11) is 1.68. The van der Waals surface area contributed by atoms with E-state index in [1.54, 1.807) is 43.1 Å². The van der Waals surface area contributed by atoms with Gasteiger partial charge < -0.3 is 9.63 Å². The van der Waals surface area contributed by atoms with Crippen molar-refractivity contribution in [3.63, 3.8) is 0 Å². The molecule has 1 N–H and O–H groups in total. The Kier molecular flexibility index (Phi) is 4.88. The number of aryl methyl sites for hydroxylation is 1. The summed E-state index contributed by atoms with van der Waals surface area (Å²) >= 11 is 12.1. The second-order valence-corrected chi connectivity index (χ2v) is 5.51. The van der Waals surface area contributed by atoms with E-state index in [0.29, 0.717) is 28.6 Å². The molecular weight excluding hydrogens is 315 g/mol. The van der Waals surface area contributed by atoms with Crippen LogP contribution in [0.1, 0.15) is 23.1 Å². The van der Waals surface area contributed by atoms with Gasteiger partial charge in [-0.3, -0.25) is 9.69 Å². The minimum atomic E-state index is -1.01. The zero-order valence-corrected chi connectivity index (χ0v) is 13.0. The van der Waals surface area contributed by atoms with Crippen LogP contribution < -0.4 is 0 Å². The van der Waals surface area contributed by atoms with Crippen molar-refractivity contribution >= 4 is 29.2 Å². The van der Waals surface area contributed by atoms with Gasteiger partial charge in [0.1, 0.15) is 11.8 Å². The second-order valence-electron chi connectivity index (χ2n) is 4.73. The fourth-order valence-corrected chi connectivity index (χ4v) is 2.54. The molecule has 0 spiro atoms. The van der Waals surface area contributed by atoms with Crippen LogP contribution in [-0.4, -0.2) is 28.2 Å². The summed E-state index contributed by atoms with van der Waals surface area (Å²) in [5, 5.41) is 13.9. The zero-order chi connectivity index (χ0) is 15.6. The molecule has 2 rings (SSSR count). The lowest BCUT2D eigenvalue weighted by Crippen LogP contribution is -2.30. The van der Waals surface area contributed by atoms with Gasteiger partial charge in [0.05, 0.1) is 15.7 Å². The number of carboxylic acids is 1. The largest absolute Gasteiger partial charge is 0.480 e. The Balaban J connectivity index is 2.30. The van der Waals surface area contributed by atoms with E-state index in [9.17, 15) is 9.90 Å². The van der Waals surface area contributed by atoms with Crippen LogP contribution in [0.3, 0.4) is 0 Å². The molecule has 1 atom stereocenters. The van der Waals surface area contributed by atoms with Crippen molar-refractivity contribution in [1.82, 2.24) is 10.1 Å². The maximum absolute atomic E-state index is 11.6. The molecule has 0 aliphatic rings. The molecule has 112 valence electrons. The Labute approximate surface area is 132 Å². The van der Waals surface area contributed by atoms with Crippen LogP contribution >= 0.6 is 23.2 Å². The number of hydrogen-bond donors (Lipinski definition) is 1. The number of aromatic nitrogens is 1. The average Bonchev–Trinajstić information content (AvgIpc) is 2.80. The maximum Gasteiger partial charge on any atom is 0.325 e. The minimum Gasteiger partial charge on any atom is -0.480 e. The van der Waals surface area contributed by atoms with E-state index in [-0.39, 0.29) is 5.02 Å². The van der Waals surface area contributed by atoms with Crippen molar-refractivity contribution in [1.29, 1.82) is 0 Å². The summed E-state index contributed by atoms with van der Waals surface area (Å²) in [6.07, 6.45) is 0. The Morgan fingerprint density at radius 1 is 1.48 bits per heavy atom. The van der Waals surface area contributed by atoms with Gasteiger partial charge in [0.25, 0.3) is 0 Å². The Bertz CT molecular complexity index is 657. The first-order valence-electron chi connectivity index (χ1n) is 6.19. The predicted octanol–water partition coefficient (Wildman–Crippen LogP) is 3.55. The average molecular weight is 329 g/mol. The highest BCUT2D eigenvalue weighted by Gasteiger charge is 2.28. The Morgan fingerprint density at radius 2 is 2.19 bits per heavy atom. The molecular formula is C14H14Cl2N2O3. The van der Waals surface area contributed by atoms with E-state index < -0.39 is 12.0 Å². The van der Waals surface area contributed by atoms with Crippen LogP contribution in [0.4, 0.5) is 0 Å². The molecule has 0 amide bonds. The van der Waals surface area contributed by atoms with Crippen molar-refractivity contribution < 1.29 is 14.4 Å². The van der Waals surface area contributed by atoms with Crippen LogP contribution in [0.2, 0.25) is 10.0 Å². The number of rotatable bonds is 5. The van der Waals surface area contributed by atoms with E-state index in [1.807, 2.05) is 0 Å². The first-order valence-corrected chi connectivity index (χ1v) is 6.95. The maximum atomic E-state index is 11.6. The number of nitrogens with zero attached hydrogens (tertiary/aromatic N) is 2. The summed E-state index contributed by atoms with van der Waals surface area (Å²) in [6, 6.07) is 5.78. The SMILES string of the molecule is Cc1cc(CN(C)C(C(=O)O)c2cccc(Cl)c2Cl)no1. The Hall–Kier alpha value is -1.56. The lowest BCUT2D eigenvalue weighted by molar-refractivity contribution is -0.143. The fourth-order valence-electron chi connectivity index (χ4n) is 2.13. The highest BCUT2D eigenvalue weighted by atomic mass is 35.5. The van der Waals surface area contributed by atoms with Gasteiger partial charge in [-0.25, -0.2) is 0 Å². The third-order valence-corrected chi connectivity index (χ3v) is 3.87. The summed E-state index contributed by atoms with van der Waals surface area (Å²) < 4.78 is 4.98. The number of benzene rings is 1. The van der Waals surface area contributed by atoms with E-state index in [1.165, 1.54) is 0 Å². The molecule has 5 nitrogen and oxygen atoms in total. The molecule has 0 saturated heterocycles. The lowest BCUT2D eigenvalue weighted by atomic mass is 10.1. The molecule has 0 fully saturated rings. The van der Waals surface area contributed by atoms with Crippen LogP contribution in [0.25, 0.3) is 0 Å². The van der Waals surface area contributed by atoms with Crippen LogP contribution in [0, 0.1) is 6.92 Å².